The van der Waals surface area contributed by atoms with Gasteiger partial charge in [-0.1, -0.05) is 30.3 Å². The maximum absolute atomic E-state index is 5.49. The summed E-state index contributed by atoms with van der Waals surface area (Å²) >= 11 is 0. The van der Waals surface area contributed by atoms with E-state index in [1.165, 1.54) is 6.33 Å². The zero-order chi connectivity index (χ0) is 11.5. The molecular formula is C13H11N3O. The molecule has 0 aliphatic heterocycles. The van der Waals surface area contributed by atoms with Crippen molar-refractivity contribution in [3.63, 3.8) is 0 Å². The van der Waals surface area contributed by atoms with Crippen LogP contribution >= 0.6 is 0 Å². The molecule has 0 aliphatic rings. The van der Waals surface area contributed by atoms with E-state index >= 15 is 0 Å². The highest BCUT2D eigenvalue weighted by Gasteiger charge is 2.18. The summed E-state index contributed by atoms with van der Waals surface area (Å²) in [6, 6.07) is 13.9. The van der Waals surface area contributed by atoms with E-state index in [0.717, 1.165) is 11.3 Å². The van der Waals surface area contributed by atoms with Crippen molar-refractivity contribution < 1.29 is 4.42 Å². The Labute approximate surface area is 98.5 Å². The first-order valence-electron chi connectivity index (χ1n) is 5.37. The quantitative estimate of drug-likeness (QED) is 0.688. The van der Waals surface area contributed by atoms with Crippen LogP contribution in [0.2, 0.25) is 0 Å². The number of furan rings is 1. The highest BCUT2D eigenvalue weighted by Crippen LogP contribution is 2.25. The molecule has 4 heteroatoms. The third-order valence-electron chi connectivity index (χ3n) is 2.63. The molecule has 3 rings (SSSR count). The Kier molecular flexibility index (Phi) is 2.46. The second-order valence-electron chi connectivity index (χ2n) is 3.70. The average molecular weight is 225 g/mol. The van der Waals surface area contributed by atoms with E-state index in [1.807, 2.05) is 30.3 Å². The van der Waals surface area contributed by atoms with Gasteiger partial charge in [-0.05, 0) is 17.7 Å². The molecule has 84 valence electrons. The Balaban J connectivity index is 2.10. The van der Waals surface area contributed by atoms with Crippen LogP contribution in [0.25, 0.3) is 0 Å². The smallest absolute Gasteiger partial charge is 0.137 e. The van der Waals surface area contributed by atoms with Crippen LogP contribution in [0.15, 0.2) is 65.8 Å². The van der Waals surface area contributed by atoms with Crippen molar-refractivity contribution in [2.24, 2.45) is 0 Å². The minimum Gasteiger partial charge on any atom is -0.467 e. The predicted octanol–water partition coefficient (Wildman–Crippen LogP) is 2.51. The van der Waals surface area contributed by atoms with Gasteiger partial charge in [0.2, 0.25) is 0 Å². The minimum absolute atomic E-state index is 0.0614. The molecule has 17 heavy (non-hydrogen) atoms. The van der Waals surface area contributed by atoms with Crippen LogP contribution < -0.4 is 0 Å². The molecule has 0 aliphatic carbocycles. The first-order valence-corrected chi connectivity index (χ1v) is 5.37. The third kappa shape index (κ3) is 1.85. The Morgan fingerprint density at radius 3 is 2.59 bits per heavy atom. The van der Waals surface area contributed by atoms with Crippen molar-refractivity contribution in [2.45, 2.75) is 6.04 Å². The van der Waals surface area contributed by atoms with E-state index in [-0.39, 0.29) is 6.04 Å². The largest absolute Gasteiger partial charge is 0.467 e. The van der Waals surface area contributed by atoms with Gasteiger partial charge in [0.1, 0.15) is 24.5 Å². The highest BCUT2D eigenvalue weighted by atomic mass is 16.3. The zero-order valence-electron chi connectivity index (χ0n) is 9.10. The van der Waals surface area contributed by atoms with Crippen molar-refractivity contribution >= 4 is 0 Å². The van der Waals surface area contributed by atoms with Crippen LogP contribution in [0, 0.1) is 0 Å². The summed E-state index contributed by atoms with van der Waals surface area (Å²) in [5.41, 5.74) is 1.12. The van der Waals surface area contributed by atoms with Gasteiger partial charge in [0.15, 0.2) is 0 Å². The maximum Gasteiger partial charge on any atom is 0.137 e. The molecule has 0 fully saturated rings. The lowest BCUT2D eigenvalue weighted by Crippen LogP contribution is -2.11. The van der Waals surface area contributed by atoms with E-state index in [4.69, 9.17) is 4.42 Å². The van der Waals surface area contributed by atoms with Crippen molar-refractivity contribution in [2.75, 3.05) is 0 Å². The fraction of sp³-hybridized carbons (Fsp3) is 0.0769. The maximum atomic E-state index is 5.49. The molecule has 1 unspecified atom stereocenters. The molecular weight excluding hydrogens is 214 g/mol. The number of aromatic nitrogens is 3. The molecule has 0 saturated carbocycles. The molecule has 3 aromatic rings. The van der Waals surface area contributed by atoms with Gasteiger partial charge in [-0.15, -0.1) is 0 Å². The van der Waals surface area contributed by atoms with Crippen LogP contribution in [-0.2, 0) is 0 Å². The van der Waals surface area contributed by atoms with Gasteiger partial charge in [0, 0.05) is 0 Å². The van der Waals surface area contributed by atoms with Crippen LogP contribution in [0.3, 0.4) is 0 Å². The number of hydrogen-bond acceptors (Lipinski definition) is 3. The molecule has 0 spiro atoms. The number of nitrogens with zero attached hydrogens (tertiary/aromatic N) is 3. The molecule has 0 saturated heterocycles. The lowest BCUT2D eigenvalue weighted by Gasteiger charge is -2.14. The van der Waals surface area contributed by atoms with Crippen molar-refractivity contribution in [1.82, 2.24) is 14.8 Å². The Hall–Kier alpha value is -2.36. The Bertz CT molecular complexity index is 524. The summed E-state index contributed by atoms with van der Waals surface area (Å²) in [5.74, 6) is 0.849. The van der Waals surface area contributed by atoms with Gasteiger partial charge in [0.05, 0.1) is 6.26 Å². The van der Waals surface area contributed by atoms with Crippen LogP contribution in [0.1, 0.15) is 17.4 Å². The van der Waals surface area contributed by atoms with E-state index in [1.54, 1.807) is 17.3 Å². The first kappa shape index (κ1) is 9.84. The van der Waals surface area contributed by atoms with Crippen molar-refractivity contribution in [3.05, 3.63) is 72.7 Å². The fourth-order valence-electron chi connectivity index (χ4n) is 1.88. The molecule has 0 bridgehead atoms. The van der Waals surface area contributed by atoms with Crippen LogP contribution in [-0.4, -0.2) is 14.8 Å². The normalized spacial score (nSPS) is 12.5. The second-order valence-corrected chi connectivity index (χ2v) is 3.70. The summed E-state index contributed by atoms with van der Waals surface area (Å²) in [5, 5.41) is 4.19. The van der Waals surface area contributed by atoms with E-state index in [2.05, 4.69) is 22.2 Å². The minimum atomic E-state index is -0.0614. The van der Waals surface area contributed by atoms with Crippen LogP contribution in [0.5, 0.6) is 0 Å². The topological polar surface area (TPSA) is 43.9 Å². The van der Waals surface area contributed by atoms with Gasteiger partial charge < -0.3 is 4.42 Å². The molecule has 1 atom stereocenters. The Morgan fingerprint density at radius 1 is 1.06 bits per heavy atom. The zero-order valence-corrected chi connectivity index (χ0v) is 9.10. The summed E-state index contributed by atoms with van der Waals surface area (Å²) in [6.07, 6.45) is 4.89. The summed E-state index contributed by atoms with van der Waals surface area (Å²) in [6.45, 7) is 0. The fourth-order valence-corrected chi connectivity index (χ4v) is 1.88. The standard InChI is InChI=1S/C13H11N3O/c1-2-5-11(6-3-1)13(12-7-4-8-17-12)16-10-14-9-15-16/h1-10,13H. The summed E-state index contributed by atoms with van der Waals surface area (Å²) < 4.78 is 7.27. The van der Waals surface area contributed by atoms with Gasteiger partial charge in [-0.2, -0.15) is 5.10 Å². The molecule has 0 N–H and O–H groups in total. The molecule has 0 amide bonds. The second kappa shape index (κ2) is 4.25. The van der Waals surface area contributed by atoms with Gasteiger partial charge >= 0.3 is 0 Å². The van der Waals surface area contributed by atoms with Crippen molar-refractivity contribution in [1.29, 1.82) is 0 Å². The molecule has 2 aromatic heterocycles. The number of benzene rings is 1. The third-order valence-corrected chi connectivity index (χ3v) is 2.63. The monoisotopic (exact) mass is 225 g/mol. The lowest BCUT2D eigenvalue weighted by molar-refractivity contribution is 0.440. The van der Waals surface area contributed by atoms with Crippen LogP contribution in [0.4, 0.5) is 0 Å². The first-order chi connectivity index (χ1) is 8.45. The van der Waals surface area contributed by atoms with Gasteiger partial charge in [-0.3, -0.25) is 0 Å². The Morgan fingerprint density at radius 2 is 1.94 bits per heavy atom. The summed E-state index contributed by atoms with van der Waals surface area (Å²) in [7, 11) is 0. The molecule has 4 nitrogen and oxygen atoms in total. The highest BCUT2D eigenvalue weighted by molar-refractivity contribution is 5.26. The number of hydrogen-bond donors (Lipinski definition) is 0. The molecule has 2 heterocycles. The molecule has 1 aromatic carbocycles. The summed E-state index contributed by atoms with van der Waals surface area (Å²) in [4.78, 5) is 3.99. The van der Waals surface area contributed by atoms with Crippen molar-refractivity contribution in [3.8, 4) is 0 Å². The predicted molar refractivity (Wildman–Crippen MR) is 62.4 cm³/mol. The van der Waals surface area contributed by atoms with E-state index in [9.17, 15) is 0 Å². The van der Waals surface area contributed by atoms with Gasteiger partial charge in [-0.25, -0.2) is 9.67 Å². The number of rotatable bonds is 3. The molecule has 0 radical (unpaired) electrons. The average Bonchev–Trinajstić information content (AvgIpc) is 3.04. The van der Waals surface area contributed by atoms with Gasteiger partial charge in [0.25, 0.3) is 0 Å². The SMILES string of the molecule is c1ccc(C(c2ccco2)n2cncn2)cc1. The van der Waals surface area contributed by atoms with E-state index in [0.29, 0.717) is 0 Å². The van der Waals surface area contributed by atoms with E-state index < -0.39 is 0 Å². The lowest BCUT2D eigenvalue weighted by atomic mass is 10.1.